The number of hydrogen-bond donors (Lipinski definition) is 0. The van der Waals surface area contributed by atoms with Gasteiger partial charge >= 0.3 is 0 Å². The number of benzene rings is 2. The first kappa shape index (κ1) is 16.5. The molecule has 0 aromatic heterocycles. The van der Waals surface area contributed by atoms with Crippen LogP contribution in [0.5, 0.6) is 0 Å². The van der Waals surface area contributed by atoms with E-state index in [2.05, 4.69) is 35.9 Å². The Hall–Kier alpha value is -2.39. The van der Waals surface area contributed by atoms with Crippen molar-refractivity contribution in [2.75, 3.05) is 18.0 Å². The zero-order valence-corrected chi connectivity index (χ0v) is 14.5. The van der Waals surface area contributed by atoms with E-state index < -0.39 is 0 Å². The van der Waals surface area contributed by atoms with Gasteiger partial charge in [-0.25, -0.2) is 4.99 Å². The maximum Gasteiger partial charge on any atom is 0.205 e. The van der Waals surface area contributed by atoms with E-state index in [-0.39, 0.29) is 10.8 Å². The first-order valence-corrected chi connectivity index (χ1v) is 8.46. The highest BCUT2D eigenvalue weighted by Gasteiger charge is 2.22. The van der Waals surface area contributed by atoms with Gasteiger partial charge in [-0.05, 0) is 44.2 Å². The number of rotatable bonds is 4. The number of carbonyl (C=O) groups excluding carboxylic acids is 1. The van der Waals surface area contributed by atoms with Crippen LogP contribution in [0.3, 0.4) is 0 Å². The molecular formula is C20H19ClN2O. The minimum absolute atomic E-state index is 0.150. The SMILES string of the molecule is CCN(CC)c1ccc(N=C2C=C(Cl)C(=O)c3ccccc32)cc1. The van der Waals surface area contributed by atoms with Crippen LogP contribution in [0.15, 0.2) is 64.6 Å². The topological polar surface area (TPSA) is 32.7 Å². The largest absolute Gasteiger partial charge is 0.372 e. The summed E-state index contributed by atoms with van der Waals surface area (Å²) < 4.78 is 0. The van der Waals surface area contributed by atoms with Crippen LogP contribution in [0.1, 0.15) is 29.8 Å². The Bertz CT molecular complexity index is 818. The van der Waals surface area contributed by atoms with E-state index in [4.69, 9.17) is 11.6 Å². The lowest BCUT2D eigenvalue weighted by atomic mass is 9.94. The average Bonchev–Trinajstić information content (AvgIpc) is 2.62. The molecule has 0 saturated carbocycles. The van der Waals surface area contributed by atoms with E-state index in [9.17, 15) is 4.79 Å². The fourth-order valence-corrected chi connectivity index (χ4v) is 3.06. The zero-order chi connectivity index (χ0) is 17.1. The molecule has 0 atom stereocenters. The van der Waals surface area contributed by atoms with Gasteiger partial charge in [0.2, 0.25) is 5.78 Å². The van der Waals surface area contributed by atoms with Crippen molar-refractivity contribution < 1.29 is 4.79 Å². The normalized spacial score (nSPS) is 15.2. The van der Waals surface area contributed by atoms with E-state index in [1.54, 1.807) is 12.1 Å². The fraction of sp³-hybridized carbons (Fsp3) is 0.200. The van der Waals surface area contributed by atoms with Crippen LogP contribution < -0.4 is 4.90 Å². The smallest absolute Gasteiger partial charge is 0.205 e. The highest BCUT2D eigenvalue weighted by molar-refractivity contribution is 6.49. The molecule has 0 fully saturated rings. The molecule has 0 radical (unpaired) electrons. The number of fused-ring (bicyclic) bond motifs is 1. The van der Waals surface area contributed by atoms with E-state index in [1.807, 2.05) is 30.3 Å². The predicted octanol–water partition coefficient (Wildman–Crippen LogP) is 4.97. The Morgan fingerprint density at radius 3 is 2.21 bits per heavy atom. The molecule has 2 aromatic carbocycles. The van der Waals surface area contributed by atoms with Gasteiger partial charge < -0.3 is 4.90 Å². The molecule has 0 unspecified atom stereocenters. The van der Waals surface area contributed by atoms with E-state index in [1.165, 1.54) is 5.69 Å². The summed E-state index contributed by atoms with van der Waals surface area (Å²) in [4.78, 5) is 19.1. The summed E-state index contributed by atoms with van der Waals surface area (Å²) in [6, 6.07) is 15.5. The van der Waals surface area contributed by atoms with Crippen molar-refractivity contribution in [3.05, 3.63) is 70.8 Å². The van der Waals surface area contributed by atoms with Crippen LogP contribution >= 0.6 is 11.6 Å². The molecule has 4 heteroatoms. The minimum Gasteiger partial charge on any atom is -0.372 e. The molecule has 0 spiro atoms. The molecule has 2 aromatic rings. The fourth-order valence-electron chi connectivity index (χ4n) is 2.85. The van der Waals surface area contributed by atoms with Gasteiger partial charge in [0, 0.05) is 29.9 Å². The monoisotopic (exact) mass is 338 g/mol. The van der Waals surface area contributed by atoms with Crippen molar-refractivity contribution in [2.24, 2.45) is 4.99 Å². The highest BCUT2D eigenvalue weighted by Crippen LogP contribution is 2.26. The third-order valence-electron chi connectivity index (χ3n) is 4.16. The Morgan fingerprint density at radius 2 is 1.58 bits per heavy atom. The van der Waals surface area contributed by atoms with Crippen molar-refractivity contribution in [1.29, 1.82) is 0 Å². The van der Waals surface area contributed by atoms with Crippen LogP contribution in [0, 0.1) is 0 Å². The molecule has 1 aliphatic rings. The van der Waals surface area contributed by atoms with Crippen LogP contribution in [0.2, 0.25) is 0 Å². The number of aliphatic imine (C=N–C) groups is 1. The Kier molecular flexibility index (Phi) is 4.81. The quantitative estimate of drug-likeness (QED) is 0.788. The highest BCUT2D eigenvalue weighted by atomic mass is 35.5. The van der Waals surface area contributed by atoms with E-state index >= 15 is 0 Å². The Balaban J connectivity index is 1.98. The van der Waals surface area contributed by atoms with Crippen LogP contribution in [0.25, 0.3) is 0 Å². The number of anilines is 1. The van der Waals surface area contributed by atoms with Gasteiger partial charge in [-0.2, -0.15) is 0 Å². The molecule has 3 rings (SSSR count). The molecule has 3 nitrogen and oxygen atoms in total. The minimum atomic E-state index is -0.150. The second kappa shape index (κ2) is 7.02. The number of allylic oxidation sites excluding steroid dienone is 2. The molecule has 0 aliphatic heterocycles. The lowest BCUT2D eigenvalue weighted by molar-refractivity contribution is 0.104. The summed E-state index contributed by atoms with van der Waals surface area (Å²) in [5.41, 5.74) is 4.15. The summed E-state index contributed by atoms with van der Waals surface area (Å²) in [6.45, 7) is 6.22. The van der Waals surface area contributed by atoms with Crippen molar-refractivity contribution in [3.63, 3.8) is 0 Å². The number of halogens is 1. The van der Waals surface area contributed by atoms with E-state index in [0.717, 1.165) is 24.3 Å². The molecule has 0 saturated heterocycles. The third-order valence-corrected chi connectivity index (χ3v) is 4.44. The average molecular weight is 339 g/mol. The number of hydrogen-bond acceptors (Lipinski definition) is 3. The number of Topliss-reactive ketones (excluding diaryl/α,β-unsaturated/α-hetero) is 1. The number of carbonyl (C=O) groups is 1. The molecule has 24 heavy (non-hydrogen) atoms. The van der Waals surface area contributed by atoms with Gasteiger partial charge in [0.15, 0.2) is 0 Å². The summed E-state index contributed by atoms with van der Waals surface area (Å²) >= 11 is 6.08. The van der Waals surface area contributed by atoms with Crippen molar-refractivity contribution >= 4 is 34.5 Å². The van der Waals surface area contributed by atoms with Crippen molar-refractivity contribution in [1.82, 2.24) is 0 Å². The summed E-state index contributed by atoms with van der Waals surface area (Å²) in [5, 5.41) is 0.201. The van der Waals surface area contributed by atoms with Crippen LogP contribution in [-0.4, -0.2) is 24.6 Å². The van der Waals surface area contributed by atoms with Gasteiger partial charge in [0.1, 0.15) is 0 Å². The molecule has 1 aliphatic carbocycles. The summed E-state index contributed by atoms with van der Waals surface area (Å²) in [5.74, 6) is -0.150. The van der Waals surface area contributed by atoms with Gasteiger partial charge in [-0.1, -0.05) is 35.9 Å². The second-order valence-electron chi connectivity index (χ2n) is 5.55. The first-order chi connectivity index (χ1) is 11.6. The number of ketones is 1. The molecule has 0 bridgehead atoms. The maximum atomic E-state index is 12.1. The Labute approximate surface area is 147 Å². The standard InChI is InChI=1S/C20H19ClN2O/c1-3-23(4-2)15-11-9-14(10-12-15)22-19-13-18(21)20(24)17-8-6-5-7-16(17)19/h5-13H,3-4H2,1-2H3. The molecule has 122 valence electrons. The van der Waals surface area contributed by atoms with Gasteiger partial charge in [-0.3, -0.25) is 4.79 Å². The molecular weight excluding hydrogens is 320 g/mol. The predicted molar refractivity (Wildman–Crippen MR) is 101 cm³/mol. The van der Waals surface area contributed by atoms with Gasteiger partial charge in [0.05, 0.1) is 16.4 Å². The van der Waals surface area contributed by atoms with Crippen LogP contribution in [-0.2, 0) is 0 Å². The van der Waals surface area contributed by atoms with Gasteiger partial charge in [0.25, 0.3) is 0 Å². The number of nitrogens with zero attached hydrogens (tertiary/aromatic N) is 2. The van der Waals surface area contributed by atoms with Crippen LogP contribution in [0.4, 0.5) is 11.4 Å². The maximum absolute atomic E-state index is 12.1. The van der Waals surface area contributed by atoms with Crippen molar-refractivity contribution in [2.45, 2.75) is 13.8 Å². The van der Waals surface area contributed by atoms with Crippen molar-refractivity contribution in [3.8, 4) is 0 Å². The summed E-state index contributed by atoms with van der Waals surface area (Å²) in [6.07, 6.45) is 1.64. The van der Waals surface area contributed by atoms with E-state index in [0.29, 0.717) is 11.3 Å². The lowest BCUT2D eigenvalue weighted by Crippen LogP contribution is -2.21. The van der Waals surface area contributed by atoms with Gasteiger partial charge in [-0.15, -0.1) is 0 Å². The second-order valence-corrected chi connectivity index (χ2v) is 5.96. The first-order valence-electron chi connectivity index (χ1n) is 8.09. The molecule has 0 amide bonds. The molecule has 0 N–H and O–H groups in total. The Morgan fingerprint density at radius 1 is 0.958 bits per heavy atom. The third kappa shape index (κ3) is 3.13. The zero-order valence-electron chi connectivity index (χ0n) is 13.8. The molecule has 0 heterocycles. The summed E-state index contributed by atoms with van der Waals surface area (Å²) in [7, 11) is 0. The lowest BCUT2D eigenvalue weighted by Gasteiger charge is -2.21.